The van der Waals surface area contributed by atoms with Crippen molar-refractivity contribution in [2.45, 2.75) is 0 Å². The largest absolute Gasteiger partial charge is 0.495 e. The molecule has 82 valence electrons. The van der Waals surface area contributed by atoms with E-state index in [1.807, 2.05) is 0 Å². The Bertz CT molecular complexity index is 571. The number of carboxylic acid groups (broad SMARTS) is 1. The van der Waals surface area contributed by atoms with Crippen molar-refractivity contribution >= 4 is 32.9 Å². The fourth-order valence-electron chi connectivity index (χ4n) is 1.40. The maximum absolute atomic E-state index is 11.0. The van der Waals surface area contributed by atoms with E-state index < -0.39 is 5.97 Å². The Kier molecular flexibility index (Phi) is 2.74. The molecule has 0 amide bonds. The molecule has 1 N–H and O–H groups in total. The van der Waals surface area contributed by atoms with Crippen LogP contribution in [0, 0.1) is 0 Å². The Labute approximate surface area is 99.2 Å². The van der Waals surface area contributed by atoms with Crippen LogP contribution >= 0.6 is 15.9 Å². The van der Waals surface area contributed by atoms with E-state index in [2.05, 4.69) is 25.9 Å². The maximum atomic E-state index is 11.0. The first kappa shape index (κ1) is 10.8. The van der Waals surface area contributed by atoms with E-state index in [1.54, 1.807) is 12.3 Å². The summed E-state index contributed by atoms with van der Waals surface area (Å²) in [6, 6.07) is 1.72. The van der Waals surface area contributed by atoms with Gasteiger partial charge in [0.15, 0.2) is 5.65 Å². The molecule has 0 fully saturated rings. The van der Waals surface area contributed by atoms with Gasteiger partial charge in [-0.1, -0.05) is 0 Å². The SMILES string of the molecule is COc1c(C(=O)O)cnc2ncc(Br)cc12. The Morgan fingerprint density at radius 3 is 2.75 bits per heavy atom. The van der Waals surface area contributed by atoms with E-state index in [1.165, 1.54) is 13.3 Å². The summed E-state index contributed by atoms with van der Waals surface area (Å²) in [4.78, 5) is 19.0. The zero-order valence-electron chi connectivity index (χ0n) is 8.27. The number of hydrogen-bond donors (Lipinski definition) is 1. The molecule has 0 aliphatic rings. The number of nitrogens with zero attached hydrogens (tertiary/aromatic N) is 2. The van der Waals surface area contributed by atoms with E-state index >= 15 is 0 Å². The third kappa shape index (κ3) is 1.71. The van der Waals surface area contributed by atoms with Gasteiger partial charge in [0.1, 0.15) is 11.3 Å². The molecule has 2 rings (SSSR count). The van der Waals surface area contributed by atoms with Crippen LogP contribution in [0.15, 0.2) is 22.9 Å². The van der Waals surface area contributed by atoms with Crippen LogP contribution in [0.1, 0.15) is 10.4 Å². The van der Waals surface area contributed by atoms with Crippen LogP contribution in [0.5, 0.6) is 5.75 Å². The molecule has 0 atom stereocenters. The number of hydrogen-bond acceptors (Lipinski definition) is 4. The van der Waals surface area contributed by atoms with Crippen LogP contribution in [0.2, 0.25) is 0 Å². The summed E-state index contributed by atoms with van der Waals surface area (Å²) in [5, 5.41) is 9.54. The quantitative estimate of drug-likeness (QED) is 0.913. The van der Waals surface area contributed by atoms with Crippen molar-refractivity contribution in [1.29, 1.82) is 0 Å². The van der Waals surface area contributed by atoms with Gasteiger partial charge in [0.25, 0.3) is 0 Å². The van der Waals surface area contributed by atoms with Gasteiger partial charge >= 0.3 is 5.97 Å². The zero-order chi connectivity index (χ0) is 11.7. The molecule has 0 aromatic carbocycles. The summed E-state index contributed by atoms with van der Waals surface area (Å²) >= 11 is 3.26. The van der Waals surface area contributed by atoms with Gasteiger partial charge in [0.05, 0.1) is 12.5 Å². The minimum Gasteiger partial charge on any atom is -0.495 e. The van der Waals surface area contributed by atoms with Crippen molar-refractivity contribution < 1.29 is 14.6 Å². The van der Waals surface area contributed by atoms with Crippen molar-refractivity contribution in [2.24, 2.45) is 0 Å². The van der Waals surface area contributed by atoms with Crippen molar-refractivity contribution in [3.63, 3.8) is 0 Å². The highest BCUT2D eigenvalue weighted by molar-refractivity contribution is 9.10. The first-order valence-corrected chi connectivity index (χ1v) is 5.14. The van der Waals surface area contributed by atoms with Crippen LogP contribution < -0.4 is 4.74 Å². The van der Waals surface area contributed by atoms with Crippen molar-refractivity contribution in [3.05, 3.63) is 28.5 Å². The minimum atomic E-state index is -1.08. The van der Waals surface area contributed by atoms with Crippen molar-refractivity contribution in [3.8, 4) is 5.75 Å². The van der Waals surface area contributed by atoms with Gasteiger partial charge in [-0.3, -0.25) is 0 Å². The number of methoxy groups -OCH3 is 1. The molecule has 2 aromatic heterocycles. The summed E-state index contributed by atoms with van der Waals surface area (Å²) < 4.78 is 5.83. The van der Waals surface area contributed by atoms with Gasteiger partial charge in [-0.05, 0) is 22.0 Å². The highest BCUT2D eigenvalue weighted by Gasteiger charge is 2.15. The van der Waals surface area contributed by atoms with Gasteiger partial charge < -0.3 is 9.84 Å². The summed E-state index contributed by atoms with van der Waals surface area (Å²) in [5.74, 6) is -0.808. The van der Waals surface area contributed by atoms with Crippen LogP contribution in [0.3, 0.4) is 0 Å². The van der Waals surface area contributed by atoms with Crippen LogP contribution in [-0.4, -0.2) is 28.2 Å². The molecule has 0 saturated heterocycles. The zero-order valence-corrected chi connectivity index (χ0v) is 9.85. The van der Waals surface area contributed by atoms with E-state index in [0.29, 0.717) is 11.0 Å². The Hall–Kier alpha value is -1.69. The van der Waals surface area contributed by atoms with Crippen LogP contribution in [-0.2, 0) is 0 Å². The average molecular weight is 283 g/mol. The lowest BCUT2D eigenvalue weighted by Gasteiger charge is -2.07. The second kappa shape index (κ2) is 4.05. The molecule has 0 unspecified atom stereocenters. The Morgan fingerprint density at radius 2 is 2.12 bits per heavy atom. The molecule has 2 heterocycles. The van der Waals surface area contributed by atoms with E-state index in [0.717, 1.165) is 4.47 Å². The number of rotatable bonds is 2. The highest BCUT2D eigenvalue weighted by Crippen LogP contribution is 2.28. The molecular formula is C10H7BrN2O3. The first-order chi connectivity index (χ1) is 7.63. The molecule has 2 aromatic rings. The third-order valence-electron chi connectivity index (χ3n) is 2.07. The van der Waals surface area contributed by atoms with Gasteiger partial charge in [-0.15, -0.1) is 0 Å². The number of fused-ring (bicyclic) bond motifs is 1. The number of carbonyl (C=O) groups is 1. The van der Waals surface area contributed by atoms with Gasteiger partial charge in [-0.2, -0.15) is 0 Å². The second-order valence-corrected chi connectivity index (χ2v) is 3.95. The fraction of sp³-hybridized carbons (Fsp3) is 0.100. The normalized spacial score (nSPS) is 10.4. The summed E-state index contributed by atoms with van der Waals surface area (Å²) in [6.45, 7) is 0. The number of halogens is 1. The van der Waals surface area contributed by atoms with E-state index in [9.17, 15) is 4.79 Å². The van der Waals surface area contributed by atoms with E-state index in [-0.39, 0.29) is 11.3 Å². The molecule has 5 nitrogen and oxygen atoms in total. The van der Waals surface area contributed by atoms with Gasteiger partial charge in [-0.25, -0.2) is 14.8 Å². The van der Waals surface area contributed by atoms with Crippen LogP contribution in [0.25, 0.3) is 11.0 Å². The summed E-state index contributed by atoms with van der Waals surface area (Å²) in [7, 11) is 1.42. The lowest BCUT2D eigenvalue weighted by Crippen LogP contribution is -2.02. The molecule has 0 aliphatic carbocycles. The molecule has 0 bridgehead atoms. The molecule has 0 aliphatic heterocycles. The first-order valence-electron chi connectivity index (χ1n) is 4.35. The lowest BCUT2D eigenvalue weighted by molar-refractivity contribution is 0.0693. The predicted octanol–water partition coefficient (Wildman–Crippen LogP) is 2.10. The minimum absolute atomic E-state index is 0.0231. The van der Waals surface area contributed by atoms with Crippen LogP contribution in [0.4, 0.5) is 0 Å². The van der Waals surface area contributed by atoms with Gasteiger partial charge in [0.2, 0.25) is 0 Å². The fourth-order valence-corrected chi connectivity index (χ4v) is 1.73. The monoisotopic (exact) mass is 282 g/mol. The number of carboxylic acids is 1. The van der Waals surface area contributed by atoms with Crippen molar-refractivity contribution in [1.82, 2.24) is 9.97 Å². The third-order valence-corrected chi connectivity index (χ3v) is 2.51. The summed E-state index contributed by atoms with van der Waals surface area (Å²) in [5.41, 5.74) is 0.472. The Morgan fingerprint density at radius 1 is 1.44 bits per heavy atom. The molecule has 16 heavy (non-hydrogen) atoms. The Balaban J connectivity index is 2.83. The number of aromatic carboxylic acids is 1. The molecule has 0 saturated carbocycles. The number of pyridine rings is 2. The smallest absolute Gasteiger partial charge is 0.341 e. The average Bonchev–Trinajstić information content (AvgIpc) is 2.27. The lowest BCUT2D eigenvalue weighted by atomic mass is 10.2. The van der Waals surface area contributed by atoms with E-state index in [4.69, 9.17) is 9.84 Å². The molecule has 6 heteroatoms. The van der Waals surface area contributed by atoms with Crippen molar-refractivity contribution in [2.75, 3.05) is 7.11 Å². The summed E-state index contributed by atoms with van der Waals surface area (Å²) in [6.07, 6.45) is 2.83. The second-order valence-electron chi connectivity index (χ2n) is 3.03. The van der Waals surface area contributed by atoms with Gasteiger partial charge in [0, 0.05) is 16.9 Å². The predicted molar refractivity (Wildman–Crippen MR) is 60.7 cm³/mol. The number of aromatic nitrogens is 2. The molecule has 0 spiro atoms. The molecule has 0 radical (unpaired) electrons. The highest BCUT2D eigenvalue weighted by atomic mass is 79.9. The maximum Gasteiger partial charge on any atom is 0.341 e. The number of ether oxygens (including phenoxy) is 1. The molecular weight excluding hydrogens is 276 g/mol. The topological polar surface area (TPSA) is 72.3 Å². The standard InChI is InChI=1S/C10H7BrN2O3/c1-16-8-6-2-5(11)3-12-9(6)13-4-7(8)10(14)15/h2-4H,1H3,(H,14,15).